The number of sulfonamides is 1. The summed E-state index contributed by atoms with van der Waals surface area (Å²) >= 11 is 0. The van der Waals surface area contributed by atoms with Gasteiger partial charge in [-0.2, -0.15) is 0 Å². The van der Waals surface area contributed by atoms with Gasteiger partial charge in [-0.15, -0.1) is 0 Å². The van der Waals surface area contributed by atoms with Crippen LogP contribution in [0, 0.1) is 5.92 Å². The van der Waals surface area contributed by atoms with E-state index in [1.54, 1.807) is 18.5 Å². The maximum Gasteiger partial charge on any atom is 0.238 e. The van der Waals surface area contributed by atoms with E-state index in [-0.39, 0.29) is 16.7 Å². The Balaban J connectivity index is 1.57. The van der Waals surface area contributed by atoms with Gasteiger partial charge in [-0.05, 0) is 30.5 Å². The first kappa shape index (κ1) is 15.7. The number of H-pyrrole nitrogens is 1. The SMILES string of the molecule is NS(=O)(=O)c1ccc(CNC(=O)C2CCc3nc[nH]c3C2)cc1. The molecule has 1 atom stereocenters. The number of hydrogen-bond donors (Lipinski definition) is 3. The van der Waals surface area contributed by atoms with E-state index >= 15 is 0 Å². The van der Waals surface area contributed by atoms with Crippen molar-refractivity contribution in [2.75, 3.05) is 0 Å². The molecular weight excluding hydrogens is 316 g/mol. The van der Waals surface area contributed by atoms with Gasteiger partial charge in [0.15, 0.2) is 0 Å². The number of aryl methyl sites for hydroxylation is 1. The summed E-state index contributed by atoms with van der Waals surface area (Å²) in [5.74, 6) is -0.0626. The fourth-order valence-corrected chi connectivity index (χ4v) is 3.27. The summed E-state index contributed by atoms with van der Waals surface area (Å²) < 4.78 is 22.4. The average molecular weight is 334 g/mol. The summed E-state index contributed by atoms with van der Waals surface area (Å²) in [6, 6.07) is 6.17. The number of fused-ring (bicyclic) bond motifs is 1. The van der Waals surface area contributed by atoms with Crippen molar-refractivity contribution >= 4 is 15.9 Å². The molecule has 4 N–H and O–H groups in total. The molecule has 0 bridgehead atoms. The lowest BCUT2D eigenvalue weighted by Gasteiger charge is -2.20. The minimum Gasteiger partial charge on any atom is -0.352 e. The number of amides is 1. The van der Waals surface area contributed by atoms with Crippen molar-refractivity contribution in [3.63, 3.8) is 0 Å². The van der Waals surface area contributed by atoms with Gasteiger partial charge in [0.1, 0.15) is 0 Å². The van der Waals surface area contributed by atoms with Crippen LogP contribution in [-0.4, -0.2) is 24.3 Å². The molecule has 0 spiro atoms. The Morgan fingerprint density at radius 2 is 2.09 bits per heavy atom. The molecule has 1 heterocycles. The first-order valence-electron chi connectivity index (χ1n) is 7.34. The van der Waals surface area contributed by atoms with Crippen molar-refractivity contribution in [2.24, 2.45) is 11.1 Å². The number of rotatable bonds is 4. The molecule has 2 aromatic rings. The Morgan fingerprint density at radius 1 is 1.35 bits per heavy atom. The predicted octanol–water partition coefficient (Wildman–Crippen LogP) is 0.478. The Bertz CT molecular complexity index is 812. The Morgan fingerprint density at radius 3 is 2.78 bits per heavy atom. The average Bonchev–Trinajstić information content (AvgIpc) is 2.99. The molecule has 1 unspecified atom stereocenters. The molecule has 1 amide bonds. The van der Waals surface area contributed by atoms with Crippen LogP contribution >= 0.6 is 0 Å². The summed E-state index contributed by atoms with van der Waals surface area (Å²) in [6.07, 6.45) is 3.93. The van der Waals surface area contributed by atoms with E-state index in [2.05, 4.69) is 15.3 Å². The Labute approximate surface area is 134 Å². The molecule has 0 aliphatic heterocycles. The Hall–Kier alpha value is -2.19. The minimum atomic E-state index is -3.69. The zero-order valence-corrected chi connectivity index (χ0v) is 13.3. The highest BCUT2D eigenvalue weighted by Crippen LogP contribution is 2.23. The summed E-state index contributed by atoms with van der Waals surface area (Å²) in [5.41, 5.74) is 2.91. The van der Waals surface area contributed by atoms with Crippen molar-refractivity contribution in [1.82, 2.24) is 15.3 Å². The molecule has 8 heteroatoms. The second kappa shape index (κ2) is 6.13. The maximum absolute atomic E-state index is 12.3. The smallest absolute Gasteiger partial charge is 0.238 e. The number of nitrogens with two attached hydrogens (primary N) is 1. The topological polar surface area (TPSA) is 118 Å². The fourth-order valence-electron chi connectivity index (χ4n) is 2.76. The van der Waals surface area contributed by atoms with Crippen LogP contribution in [0.1, 0.15) is 23.4 Å². The lowest BCUT2D eigenvalue weighted by Crippen LogP contribution is -2.33. The van der Waals surface area contributed by atoms with E-state index in [9.17, 15) is 13.2 Å². The van der Waals surface area contributed by atoms with Crippen molar-refractivity contribution in [2.45, 2.75) is 30.7 Å². The lowest BCUT2D eigenvalue weighted by molar-refractivity contribution is -0.125. The van der Waals surface area contributed by atoms with Gasteiger partial charge in [0.2, 0.25) is 15.9 Å². The number of carbonyl (C=O) groups is 1. The van der Waals surface area contributed by atoms with Crippen LogP contribution in [0.2, 0.25) is 0 Å². The molecule has 0 saturated carbocycles. The fraction of sp³-hybridized carbons (Fsp3) is 0.333. The number of aromatic amines is 1. The second-order valence-electron chi connectivity index (χ2n) is 5.67. The van der Waals surface area contributed by atoms with Crippen LogP contribution in [0.5, 0.6) is 0 Å². The van der Waals surface area contributed by atoms with Crippen molar-refractivity contribution < 1.29 is 13.2 Å². The number of carbonyl (C=O) groups excluding carboxylic acids is 1. The van der Waals surface area contributed by atoms with Crippen molar-refractivity contribution in [3.8, 4) is 0 Å². The van der Waals surface area contributed by atoms with Crippen molar-refractivity contribution in [1.29, 1.82) is 0 Å². The largest absolute Gasteiger partial charge is 0.352 e. The number of hydrogen-bond acceptors (Lipinski definition) is 4. The number of aromatic nitrogens is 2. The number of nitrogens with one attached hydrogen (secondary N) is 2. The van der Waals surface area contributed by atoms with E-state index in [1.807, 2.05) is 0 Å². The first-order chi connectivity index (χ1) is 10.9. The molecule has 122 valence electrons. The number of benzene rings is 1. The van der Waals surface area contributed by atoms with E-state index in [0.29, 0.717) is 13.0 Å². The highest BCUT2D eigenvalue weighted by Gasteiger charge is 2.25. The Kier molecular flexibility index (Phi) is 4.18. The third-order valence-electron chi connectivity index (χ3n) is 4.08. The van der Waals surface area contributed by atoms with E-state index in [4.69, 9.17) is 5.14 Å². The number of nitrogens with zero attached hydrogens (tertiary/aromatic N) is 1. The molecule has 1 aromatic carbocycles. The monoisotopic (exact) mass is 334 g/mol. The van der Waals surface area contributed by atoms with Gasteiger partial charge < -0.3 is 10.3 Å². The zero-order chi connectivity index (χ0) is 16.4. The molecule has 0 radical (unpaired) electrons. The van der Waals surface area contributed by atoms with Gasteiger partial charge in [0.05, 0.1) is 16.9 Å². The number of imidazole rings is 1. The zero-order valence-electron chi connectivity index (χ0n) is 12.5. The van der Waals surface area contributed by atoms with Crippen LogP contribution < -0.4 is 10.5 Å². The van der Waals surface area contributed by atoms with Crippen LogP contribution in [0.25, 0.3) is 0 Å². The first-order valence-corrected chi connectivity index (χ1v) is 8.88. The van der Waals surface area contributed by atoms with Crippen molar-refractivity contribution in [3.05, 3.63) is 47.5 Å². The van der Waals surface area contributed by atoms with Gasteiger partial charge in [-0.1, -0.05) is 12.1 Å². The van der Waals surface area contributed by atoms with Gasteiger partial charge >= 0.3 is 0 Å². The molecule has 1 aliphatic rings. The van der Waals surface area contributed by atoms with Crippen LogP contribution in [0.3, 0.4) is 0 Å². The van der Waals surface area contributed by atoms with Gasteiger partial charge in [-0.25, -0.2) is 18.5 Å². The van der Waals surface area contributed by atoms with Gasteiger partial charge in [0.25, 0.3) is 0 Å². The summed E-state index contributed by atoms with van der Waals surface area (Å²) in [4.78, 5) is 19.6. The van der Waals surface area contributed by atoms with Crippen LogP contribution in [0.4, 0.5) is 0 Å². The molecular formula is C15H18N4O3S. The third kappa shape index (κ3) is 3.59. The highest BCUT2D eigenvalue weighted by atomic mass is 32.2. The van der Waals surface area contributed by atoms with E-state index in [0.717, 1.165) is 29.8 Å². The van der Waals surface area contributed by atoms with Gasteiger partial charge in [-0.3, -0.25) is 4.79 Å². The normalized spacial score (nSPS) is 17.5. The van der Waals surface area contributed by atoms with Crippen LogP contribution in [0.15, 0.2) is 35.5 Å². The maximum atomic E-state index is 12.3. The predicted molar refractivity (Wildman–Crippen MR) is 83.8 cm³/mol. The quantitative estimate of drug-likeness (QED) is 0.753. The highest BCUT2D eigenvalue weighted by molar-refractivity contribution is 7.89. The molecule has 23 heavy (non-hydrogen) atoms. The van der Waals surface area contributed by atoms with Gasteiger partial charge in [0, 0.05) is 24.6 Å². The van der Waals surface area contributed by atoms with E-state index in [1.165, 1.54) is 12.1 Å². The summed E-state index contributed by atoms with van der Waals surface area (Å²) in [6.45, 7) is 0.357. The molecule has 7 nitrogen and oxygen atoms in total. The molecule has 0 saturated heterocycles. The molecule has 0 fully saturated rings. The second-order valence-corrected chi connectivity index (χ2v) is 7.24. The molecule has 3 rings (SSSR count). The number of primary sulfonamides is 1. The molecule has 1 aliphatic carbocycles. The molecule has 1 aromatic heterocycles. The van der Waals surface area contributed by atoms with Crippen LogP contribution in [-0.2, 0) is 34.2 Å². The summed E-state index contributed by atoms with van der Waals surface area (Å²) in [7, 11) is -3.69. The lowest BCUT2D eigenvalue weighted by atomic mass is 9.89. The van der Waals surface area contributed by atoms with E-state index < -0.39 is 10.0 Å². The standard InChI is InChI=1S/C15H18N4O3S/c16-23(21,22)12-4-1-10(2-5-12)8-17-15(20)11-3-6-13-14(7-11)19-9-18-13/h1-2,4-5,9,11H,3,6-8H2,(H,17,20)(H,18,19)(H2,16,21,22). The third-order valence-corrected chi connectivity index (χ3v) is 5.01. The minimum absolute atomic E-state index is 0.000716. The summed E-state index contributed by atoms with van der Waals surface area (Å²) in [5, 5.41) is 7.95.